The quantitative estimate of drug-likeness (QED) is 0.662. The van der Waals surface area contributed by atoms with Gasteiger partial charge >= 0.3 is 0 Å². The second-order valence-electron chi connectivity index (χ2n) is 5.80. The van der Waals surface area contributed by atoms with E-state index in [-0.39, 0.29) is 0 Å². The molecule has 20 heavy (non-hydrogen) atoms. The average molecular weight is 270 g/mol. The van der Waals surface area contributed by atoms with Crippen molar-refractivity contribution in [2.75, 3.05) is 21.1 Å². The summed E-state index contributed by atoms with van der Waals surface area (Å²) in [5.74, 6) is 0.303. The van der Waals surface area contributed by atoms with E-state index in [1.54, 1.807) is 12.1 Å². The van der Waals surface area contributed by atoms with Gasteiger partial charge in [0.15, 0.2) is 0 Å². The van der Waals surface area contributed by atoms with Crippen molar-refractivity contribution < 1.29 is 9.59 Å². The number of quaternary nitrogens is 1. The molecular weight excluding hydrogens is 250 g/mol. The third-order valence-corrected chi connectivity index (χ3v) is 2.74. The van der Waals surface area contributed by atoms with Crippen LogP contribution >= 0.6 is 0 Å². The van der Waals surface area contributed by atoms with E-state index >= 15 is 0 Å². The van der Waals surface area contributed by atoms with E-state index in [9.17, 15) is 5.11 Å². The van der Waals surface area contributed by atoms with Crippen molar-refractivity contribution in [1.29, 1.82) is 0 Å². The molecule has 104 valence electrons. The number of phenolic OH excluding ortho intramolecular Hbond substituents is 1. The van der Waals surface area contributed by atoms with Crippen LogP contribution in [0.2, 0.25) is 0 Å². The molecule has 0 fully saturated rings. The fourth-order valence-electron chi connectivity index (χ4n) is 1.88. The van der Waals surface area contributed by atoms with Crippen LogP contribution in [-0.4, -0.2) is 30.7 Å². The maximum absolute atomic E-state index is 9.90. The highest BCUT2D eigenvalue weighted by Crippen LogP contribution is 2.26. The molecule has 4 nitrogen and oxygen atoms in total. The van der Waals surface area contributed by atoms with Gasteiger partial charge in [0.25, 0.3) is 0 Å². The van der Waals surface area contributed by atoms with Gasteiger partial charge in [0.05, 0.1) is 38.1 Å². The highest BCUT2D eigenvalue weighted by molar-refractivity contribution is 5.47. The number of azo groups is 1. The Bertz CT molecular complexity index is 601. The maximum Gasteiger partial charge on any atom is 0.124 e. The van der Waals surface area contributed by atoms with Gasteiger partial charge in [0.2, 0.25) is 0 Å². The molecule has 0 heterocycles. The SMILES string of the molecule is C[N+](C)(C)Cc1cc(N=Nc2ccccc2)ccc1O. The molecule has 0 spiro atoms. The molecule has 2 aromatic carbocycles. The standard InChI is InChI=1S/C16H19N3O/c1-19(2,3)12-13-11-15(9-10-16(13)20)18-17-14-7-5-4-6-8-14/h4-11H,12H2,1-3H3/p+1. The van der Waals surface area contributed by atoms with E-state index in [4.69, 9.17) is 0 Å². The van der Waals surface area contributed by atoms with Gasteiger partial charge < -0.3 is 9.59 Å². The maximum atomic E-state index is 9.90. The summed E-state index contributed by atoms with van der Waals surface area (Å²) in [7, 11) is 6.24. The van der Waals surface area contributed by atoms with Crippen LogP contribution < -0.4 is 0 Å². The zero-order valence-corrected chi connectivity index (χ0v) is 12.1. The first-order chi connectivity index (χ1) is 9.44. The summed E-state index contributed by atoms with van der Waals surface area (Å²) in [6.45, 7) is 0.737. The Labute approximate surface area is 119 Å². The number of hydrogen-bond donors (Lipinski definition) is 1. The number of hydrogen-bond acceptors (Lipinski definition) is 3. The fraction of sp³-hybridized carbons (Fsp3) is 0.250. The van der Waals surface area contributed by atoms with E-state index in [2.05, 4.69) is 31.4 Å². The largest absolute Gasteiger partial charge is 0.507 e. The molecule has 0 aliphatic carbocycles. The normalized spacial score (nSPS) is 11.9. The van der Waals surface area contributed by atoms with Gasteiger partial charge in [-0.2, -0.15) is 10.2 Å². The summed E-state index contributed by atoms with van der Waals surface area (Å²) in [6.07, 6.45) is 0. The van der Waals surface area contributed by atoms with Gasteiger partial charge in [-0.3, -0.25) is 0 Å². The van der Waals surface area contributed by atoms with Crippen molar-refractivity contribution in [2.24, 2.45) is 10.2 Å². The monoisotopic (exact) mass is 270 g/mol. The van der Waals surface area contributed by atoms with Gasteiger partial charge in [0.1, 0.15) is 12.3 Å². The number of nitrogens with zero attached hydrogens (tertiary/aromatic N) is 3. The topological polar surface area (TPSA) is 45.0 Å². The highest BCUT2D eigenvalue weighted by Gasteiger charge is 2.12. The van der Waals surface area contributed by atoms with E-state index in [0.29, 0.717) is 5.75 Å². The molecule has 0 aliphatic rings. The van der Waals surface area contributed by atoms with Crippen LogP contribution in [0.25, 0.3) is 0 Å². The lowest BCUT2D eigenvalue weighted by Crippen LogP contribution is -2.33. The molecule has 0 radical (unpaired) electrons. The third-order valence-electron chi connectivity index (χ3n) is 2.74. The number of aromatic hydroxyl groups is 1. The van der Waals surface area contributed by atoms with Gasteiger partial charge in [-0.15, -0.1) is 0 Å². The second kappa shape index (κ2) is 5.84. The molecule has 0 saturated carbocycles. The molecule has 2 rings (SSSR count). The Morgan fingerprint density at radius 2 is 1.55 bits per heavy atom. The highest BCUT2D eigenvalue weighted by atomic mass is 16.3. The molecule has 0 atom stereocenters. The lowest BCUT2D eigenvalue weighted by Gasteiger charge is -2.24. The molecule has 0 aliphatic heterocycles. The predicted molar refractivity (Wildman–Crippen MR) is 80.5 cm³/mol. The summed E-state index contributed by atoms with van der Waals surface area (Å²) in [5.41, 5.74) is 2.44. The van der Waals surface area contributed by atoms with Gasteiger partial charge in [-0.05, 0) is 30.3 Å². The Kier molecular flexibility index (Phi) is 4.15. The van der Waals surface area contributed by atoms with Gasteiger partial charge in [-0.25, -0.2) is 0 Å². The van der Waals surface area contributed by atoms with Crippen LogP contribution in [0, 0.1) is 0 Å². The average Bonchev–Trinajstić information content (AvgIpc) is 2.39. The molecule has 0 aromatic heterocycles. The second-order valence-corrected chi connectivity index (χ2v) is 5.80. The molecule has 0 bridgehead atoms. The van der Waals surface area contributed by atoms with Crippen molar-refractivity contribution in [2.45, 2.75) is 6.54 Å². The first-order valence-electron chi connectivity index (χ1n) is 6.53. The van der Waals surface area contributed by atoms with E-state index < -0.39 is 0 Å². The predicted octanol–water partition coefficient (Wildman–Crippen LogP) is 4.01. The lowest BCUT2D eigenvalue weighted by atomic mass is 10.1. The van der Waals surface area contributed by atoms with Crippen molar-refractivity contribution in [3.05, 3.63) is 54.1 Å². The number of benzene rings is 2. The summed E-state index contributed by atoms with van der Waals surface area (Å²) in [6, 6.07) is 14.9. The zero-order chi connectivity index (χ0) is 14.6. The first kappa shape index (κ1) is 14.2. The first-order valence-corrected chi connectivity index (χ1v) is 6.53. The van der Waals surface area contributed by atoms with E-state index in [1.807, 2.05) is 36.4 Å². The third kappa shape index (κ3) is 4.17. The zero-order valence-electron chi connectivity index (χ0n) is 12.1. The minimum atomic E-state index is 0.303. The smallest absolute Gasteiger partial charge is 0.124 e. The van der Waals surface area contributed by atoms with E-state index in [0.717, 1.165) is 28.0 Å². The lowest BCUT2D eigenvalue weighted by molar-refractivity contribution is -0.884. The van der Waals surface area contributed by atoms with Crippen LogP contribution in [0.5, 0.6) is 5.75 Å². The molecule has 2 aromatic rings. The summed E-state index contributed by atoms with van der Waals surface area (Å²) in [5, 5.41) is 18.3. The van der Waals surface area contributed by atoms with Crippen LogP contribution in [0.4, 0.5) is 11.4 Å². The van der Waals surface area contributed by atoms with Crippen LogP contribution in [0.3, 0.4) is 0 Å². The Hall–Kier alpha value is -2.20. The van der Waals surface area contributed by atoms with E-state index in [1.165, 1.54) is 0 Å². The molecule has 0 saturated heterocycles. The van der Waals surface area contributed by atoms with Crippen molar-refractivity contribution >= 4 is 11.4 Å². The van der Waals surface area contributed by atoms with Crippen molar-refractivity contribution in [3.63, 3.8) is 0 Å². The fourth-order valence-corrected chi connectivity index (χ4v) is 1.88. The van der Waals surface area contributed by atoms with Crippen molar-refractivity contribution in [1.82, 2.24) is 0 Å². The Balaban J connectivity index is 2.21. The molecule has 1 N–H and O–H groups in total. The molecule has 4 heteroatoms. The number of rotatable bonds is 4. The Morgan fingerprint density at radius 1 is 0.900 bits per heavy atom. The minimum absolute atomic E-state index is 0.303. The van der Waals surface area contributed by atoms with Crippen molar-refractivity contribution in [3.8, 4) is 5.75 Å². The minimum Gasteiger partial charge on any atom is -0.507 e. The van der Waals surface area contributed by atoms with Crippen LogP contribution in [0.1, 0.15) is 5.56 Å². The molecule has 0 amide bonds. The van der Waals surface area contributed by atoms with Gasteiger partial charge in [-0.1, -0.05) is 18.2 Å². The van der Waals surface area contributed by atoms with Gasteiger partial charge in [0, 0.05) is 0 Å². The summed E-state index contributed by atoms with van der Waals surface area (Å²) in [4.78, 5) is 0. The number of phenols is 1. The van der Waals surface area contributed by atoms with Crippen LogP contribution in [0.15, 0.2) is 58.8 Å². The van der Waals surface area contributed by atoms with Crippen LogP contribution in [-0.2, 0) is 6.54 Å². The molecule has 0 unspecified atom stereocenters. The summed E-state index contributed by atoms with van der Waals surface area (Å²) >= 11 is 0. The summed E-state index contributed by atoms with van der Waals surface area (Å²) < 4.78 is 0.743. The Morgan fingerprint density at radius 3 is 2.20 bits per heavy atom. The molecular formula is C16H20N3O+.